The molecule has 1 atom stereocenters. The van der Waals surface area contributed by atoms with E-state index in [9.17, 15) is 0 Å². The van der Waals surface area contributed by atoms with E-state index in [0.717, 1.165) is 23.1 Å². The zero-order valence-corrected chi connectivity index (χ0v) is 13.1. The van der Waals surface area contributed by atoms with Gasteiger partial charge in [0.05, 0.1) is 0 Å². The molecule has 0 aliphatic rings. The first-order valence-electron chi connectivity index (χ1n) is 7.07. The predicted molar refractivity (Wildman–Crippen MR) is 92.4 cm³/mol. The van der Waals surface area contributed by atoms with E-state index in [1.54, 1.807) is 0 Å². The number of thiocarbonyl (C=S) groups is 1. The summed E-state index contributed by atoms with van der Waals surface area (Å²) in [5.74, 6) is 0.680. The summed E-state index contributed by atoms with van der Waals surface area (Å²) in [5, 5.41) is 5.89. The topological polar surface area (TPSA) is 38.0 Å². The van der Waals surface area contributed by atoms with Crippen LogP contribution >= 0.6 is 12.2 Å². The number of nitrogens with two attached hydrogens (primary N) is 1. The lowest BCUT2D eigenvalue weighted by molar-refractivity contribution is 0.540. The summed E-state index contributed by atoms with van der Waals surface area (Å²) in [6.07, 6.45) is 1.14. The molecule has 0 heterocycles. The first-order chi connectivity index (χ1) is 9.49. The molecule has 2 aromatic rings. The van der Waals surface area contributed by atoms with Crippen molar-refractivity contribution in [2.24, 2.45) is 11.7 Å². The van der Waals surface area contributed by atoms with Gasteiger partial charge in [-0.1, -0.05) is 50.3 Å². The van der Waals surface area contributed by atoms with Crippen molar-refractivity contribution in [3.05, 3.63) is 42.0 Å². The summed E-state index contributed by atoms with van der Waals surface area (Å²) in [5.41, 5.74) is 7.90. The molecular weight excluding hydrogens is 264 g/mol. The Labute approximate surface area is 126 Å². The van der Waals surface area contributed by atoms with Crippen LogP contribution in [0.25, 0.3) is 10.8 Å². The fraction of sp³-hybridized carbons (Fsp3) is 0.353. The van der Waals surface area contributed by atoms with Crippen LogP contribution in [0.1, 0.15) is 32.8 Å². The summed E-state index contributed by atoms with van der Waals surface area (Å²) in [6.45, 7) is 6.70. The molecule has 20 heavy (non-hydrogen) atoms. The van der Waals surface area contributed by atoms with Crippen LogP contribution in [0.3, 0.4) is 0 Å². The Hall–Kier alpha value is -1.61. The molecule has 0 amide bonds. The zero-order chi connectivity index (χ0) is 14.7. The number of fused-ring (bicyclic) bond motifs is 1. The Morgan fingerprint density at radius 2 is 1.75 bits per heavy atom. The summed E-state index contributed by atoms with van der Waals surface area (Å²) < 4.78 is 0. The largest absolute Gasteiger partial charge is 0.389 e. The van der Waals surface area contributed by atoms with Crippen molar-refractivity contribution in [3.63, 3.8) is 0 Å². The fourth-order valence-corrected chi connectivity index (χ4v) is 2.85. The van der Waals surface area contributed by atoms with Gasteiger partial charge in [0.25, 0.3) is 0 Å². The molecule has 0 saturated carbocycles. The molecule has 0 bridgehead atoms. The van der Waals surface area contributed by atoms with Gasteiger partial charge in [-0.05, 0) is 36.8 Å². The molecule has 0 fully saturated rings. The molecule has 1 unspecified atom stereocenters. The van der Waals surface area contributed by atoms with Gasteiger partial charge in [0.2, 0.25) is 0 Å². The third-order valence-corrected chi connectivity index (χ3v) is 3.64. The minimum atomic E-state index is 0.439. The summed E-state index contributed by atoms with van der Waals surface area (Å²) in [6, 6.07) is 12.8. The maximum absolute atomic E-state index is 5.81. The second-order valence-corrected chi connectivity index (χ2v) is 6.19. The molecule has 2 rings (SSSR count). The third kappa shape index (κ3) is 3.28. The third-order valence-electron chi connectivity index (χ3n) is 3.42. The average Bonchev–Trinajstić information content (AvgIpc) is 2.37. The Kier molecular flexibility index (Phi) is 4.61. The van der Waals surface area contributed by atoms with Crippen molar-refractivity contribution >= 4 is 33.7 Å². The van der Waals surface area contributed by atoms with E-state index in [0.29, 0.717) is 16.9 Å². The van der Waals surface area contributed by atoms with Gasteiger partial charge in [0.15, 0.2) is 0 Å². The Bertz CT molecular complexity index is 619. The van der Waals surface area contributed by atoms with Crippen LogP contribution < -0.4 is 11.1 Å². The van der Waals surface area contributed by atoms with E-state index in [1.807, 2.05) is 18.2 Å². The van der Waals surface area contributed by atoms with Crippen LogP contribution in [0.15, 0.2) is 36.4 Å². The highest BCUT2D eigenvalue weighted by Crippen LogP contribution is 2.27. The van der Waals surface area contributed by atoms with Crippen LogP contribution in [-0.4, -0.2) is 11.0 Å². The standard InChI is InChI=1S/C17H22N2S/c1-11(2)10-12(3)19-16-9-8-15(17(18)20)13-6-4-5-7-14(13)16/h4-9,11-12,19H,10H2,1-3H3,(H2,18,20). The average molecular weight is 286 g/mol. The Morgan fingerprint density at radius 1 is 1.10 bits per heavy atom. The second kappa shape index (κ2) is 6.23. The van der Waals surface area contributed by atoms with Crippen molar-refractivity contribution in [3.8, 4) is 0 Å². The highest BCUT2D eigenvalue weighted by atomic mass is 32.1. The van der Waals surface area contributed by atoms with Crippen molar-refractivity contribution in [2.45, 2.75) is 33.2 Å². The molecule has 2 nitrogen and oxygen atoms in total. The zero-order valence-electron chi connectivity index (χ0n) is 12.3. The highest BCUT2D eigenvalue weighted by Gasteiger charge is 2.10. The monoisotopic (exact) mass is 286 g/mol. The predicted octanol–water partition coefficient (Wildman–Crippen LogP) is 4.32. The van der Waals surface area contributed by atoms with Crippen LogP contribution in [0.2, 0.25) is 0 Å². The molecule has 0 saturated heterocycles. The van der Waals surface area contributed by atoms with Gasteiger partial charge in [-0.25, -0.2) is 0 Å². The summed E-state index contributed by atoms with van der Waals surface area (Å²) in [4.78, 5) is 0.447. The number of hydrogen-bond donors (Lipinski definition) is 2. The van der Waals surface area contributed by atoms with Crippen LogP contribution in [0, 0.1) is 5.92 Å². The number of benzene rings is 2. The van der Waals surface area contributed by atoms with Gasteiger partial charge >= 0.3 is 0 Å². The molecule has 3 heteroatoms. The lowest BCUT2D eigenvalue weighted by Gasteiger charge is -2.19. The van der Waals surface area contributed by atoms with E-state index < -0.39 is 0 Å². The number of rotatable bonds is 5. The molecule has 3 N–H and O–H groups in total. The first kappa shape index (κ1) is 14.8. The number of nitrogens with one attached hydrogen (secondary N) is 1. The molecule has 0 spiro atoms. The van der Waals surface area contributed by atoms with E-state index in [4.69, 9.17) is 18.0 Å². The van der Waals surface area contributed by atoms with E-state index in [1.165, 1.54) is 5.39 Å². The summed E-state index contributed by atoms with van der Waals surface area (Å²) in [7, 11) is 0. The van der Waals surface area contributed by atoms with Crippen molar-refractivity contribution in [2.75, 3.05) is 5.32 Å². The maximum Gasteiger partial charge on any atom is 0.104 e. The smallest absolute Gasteiger partial charge is 0.104 e. The van der Waals surface area contributed by atoms with Crippen LogP contribution in [-0.2, 0) is 0 Å². The minimum absolute atomic E-state index is 0.439. The van der Waals surface area contributed by atoms with E-state index in [2.05, 4.69) is 44.3 Å². The molecule has 0 radical (unpaired) electrons. The van der Waals surface area contributed by atoms with E-state index >= 15 is 0 Å². The minimum Gasteiger partial charge on any atom is -0.389 e. The maximum atomic E-state index is 5.81. The van der Waals surface area contributed by atoms with Gasteiger partial charge in [-0.3, -0.25) is 0 Å². The van der Waals surface area contributed by atoms with Crippen molar-refractivity contribution in [1.82, 2.24) is 0 Å². The first-order valence-corrected chi connectivity index (χ1v) is 7.48. The Morgan fingerprint density at radius 3 is 2.35 bits per heavy atom. The van der Waals surface area contributed by atoms with Gasteiger partial charge in [-0.2, -0.15) is 0 Å². The normalized spacial score (nSPS) is 12.6. The van der Waals surface area contributed by atoms with Gasteiger partial charge in [0, 0.05) is 22.7 Å². The molecule has 0 aliphatic carbocycles. The van der Waals surface area contributed by atoms with Gasteiger partial charge < -0.3 is 11.1 Å². The SMILES string of the molecule is CC(C)CC(C)Nc1ccc(C(N)=S)c2ccccc12. The molecule has 0 aliphatic heterocycles. The summed E-state index contributed by atoms with van der Waals surface area (Å²) >= 11 is 5.13. The van der Waals surface area contributed by atoms with Crippen LogP contribution in [0.4, 0.5) is 5.69 Å². The fourth-order valence-electron chi connectivity index (χ4n) is 2.67. The molecule has 0 aromatic heterocycles. The van der Waals surface area contributed by atoms with Crippen LogP contribution in [0.5, 0.6) is 0 Å². The molecular formula is C17H22N2S. The highest BCUT2D eigenvalue weighted by molar-refractivity contribution is 7.80. The molecule has 106 valence electrons. The lowest BCUT2D eigenvalue weighted by atomic mass is 10.0. The van der Waals surface area contributed by atoms with Crippen molar-refractivity contribution in [1.29, 1.82) is 0 Å². The van der Waals surface area contributed by atoms with E-state index in [-0.39, 0.29) is 0 Å². The molecule has 2 aromatic carbocycles. The Balaban J connectivity index is 2.40. The van der Waals surface area contributed by atoms with Gasteiger partial charge in [0.1, 0.15) is 4.99 Å². The number of hydrogen-bond acceptors (Lipinski definition) is 2. The van der Waals surface area contributed by atoms with Gasteiger partial charge in [-0.15, -0.1) is 0 Å². The second-order valence-electron chi connectivity index (χ2n) is 5.75. The number of anilines is 1. The lowest BCUT2D eigenvalue weighted by Crippen LogP contribution is -2.18. The van der Waals surface area contributed by atoms with Crippen molar-refractivity contribution < 1.29 is 0 Å². The quantitative estimate of drug-likeness (QED) is 0.804.